The van der Waals surface area contributed by atoms with Gasteiger partial charge in [0.1, 0.15) is 18.2 Å². The number of halogens is 3. The Kier molecular flexibility index (Phi) is 12.4. The van der Waals surface area contributed by atoms with Gasteiger partial charge >= 0.3 is 6.03 Å². The van der Waals surface area contributed by atoms with Crippen LogP contribution in [0, 0.1) is 17.6 Å². The molecule has 5 N–H and O–H groups in total. The number of carbonyl (C=O) groups is 3. The number of aliphatic hydroxyl groups is 1. The Balaban J connectivity index is 0.964. The number of piperidine rings is 1. The van der Waals surface area contributed by atoms with Gasteiger partial charge in [-0.1, -0.05) is 61.3 Å². The van der Waals surface area contributed by atoms with Gasteiger partial charge in [-0.3, -0.25) is 24.5 Å². The van der Waals surface area contributed by atoms with Gasteiger partial charge < -0.3 is 30.5 Å². The summed E-state index contributed by atoms with van der Waals surface area (Å²) in [6.07, 6.45) is 5.30. The van der Waals surface area contributed by atoms with E-state index < -0.39 is 35.1 Å². The molecular weight excluding hydrogens is 820 g/mol. The molecule has 3 aliphatic rings. The molecule has 0 unspecified atom stereocenters. The first-order valence-corrected chi connectivity index (χ1v) is 21.5. The topological polar surface area (TPSA) is 164 Å². The lowest BCUT2D eigenvalue weighted by Crippen LogP contribution is -2.49. The maximum atomic E-state index is 16.4. The van der Waals surface area contributed by atoms with Crippen LogP contribution in [0.2, 0.25) is 5.02 Å². The number of imide groups is 1. The van der Waals surface area contributed by atoms with Crippen molar-refractivity contribution in [2.75, 3.05) is 55.7 Å². The van der Waals surface area contributed by atoms with Gasteiger partial charge in [-0.15, -0.1) is 0 Å². The van der Waals surface area contributed by atoms with E-state index in [0.717, 1.165) is 67.3 Å². The molecule has 16 heteroatoms. The molecule has 0 spiro atoms. The van der Waals surface area contributed by atoms with Crippen LogP contribution in [-0.4, -0.2) is 78.7 Å². The lowest BCUT2D eigenvalue weighted by molar-refractivity contribution is -0.120. The average Bonchev–Trinajstić information content (AvgIpc) is 3.75. The van der Waals surface area contributed by atoms with Crippen LogP contribution in [0.1, 0.15) is 72.9 Å². The van der Waals surface area contributed by atoms with Crippen molar-refractivity contribution in [3.05, 3.63) is 100 Å². The van der Waals surface area contributed by atoms with Crippen molar-refractivity contribution in [1.82, 2.24) is 20.4 Å². The molecule has 1 aromatic heterocycles. The SMILES string of the molecule is C[C@H]1c2c(cc(F)c(Cl)c2-c2c(C(N)=O)ccc(OCCO)c2F)O[C@]1(CNCCCC[C@@H]1CCCN(c2cccc3c(N4CCC(=O)NC4=O)nn(C)c23)C1)c1ccccc1. The normalized spacial score (nSPS) is 20.0. The number of primary amides is 1. The van der Waals surface area contributed by atoms with Crippen LogP contribution in [0.4, 0.5) is 25.1 Å². The van der Waals surface area contributed by atoms with E-state index in [1.165, 1.54) is 23.1 Å². The fraction of sp³-hybridized carbons (Fsp3) is 0.391. The largest absolute Gasteiger partial charge is 0.488 e. The number of urea groups is 1. The highest BCUT2D eigenvalue weighted by Crippen LogP contribution is 2.56. The Labute approximate surface area is 363 Å². The molecule has 62 heavy (non-hydrogen) atoms. The third kappa shape index (κ3) is 7.93. The van der Waals surface area contributed by atoms with E-state index in [4.69, 9.17) is 31.9 Å². The van der Waals surface area contributed by atoms with Crippen molar-refractivity contribution < 1.29 is 37.7 Å². The first-order valence-electron chi connectivity index (χ1n) is 21.1. The number of aryl methyl sites for hydroxylation is 1. The van der Waals surface area contributed by atoms with Gasteiger partial charge in [-0.25, -0.2) is 13.6 Å². The molecule has 0 saturated carbocycles. The van der Waals surface area contributed by atoms with E-state index in [1.54, 1.807) is 0 Å². The third-order valence-corrected chi connectivity index (χ3v) is 12.8. The number of rotatable bonds is 15. The predicted molar refractivity (Wildman–Crippen MR) is 233 cm³/mol. The number of carbonyl (C=O) groups excluding carboxylic acids is 3. The Hall–Kier alpha value is -5.77. The van der Waals surface area contributed by atoms with E-state index in [0.29, 0.717) is 30.4 Å². The summed E-state index contributed by atoms with van der Waals surface area (Å²) in [7, 11) is 1.89. The number of benzene rings is 4. The van der Waals surface area contributed by atoms with Crippen LogP contribution in [0.25, 0.3) is 22.0 Å². The average molecular weight is 870 g/mol. The number of ether oxygens (including phenoxy) is 2. The molecule has 3 aliphatic heterocycles. The molecule has 4 aromatic carbocycles. The van der Waals surface area contributed by atoms with Gasteiger partial charge in [-0.2, -0.15) is 5.10 Å². The quantitative estimate of drug-likeness (QED) is 0.0800. The van der Waals surface area contributed by atoms with Crippen LogP contribution in [0.15, 0.2) is 66.7 Å². The second-order valence-corrected chi connectivity index (χ2v) is 16.7. The van der Waals surface area contributed by atoms with Gasteiger partial charge in [0.15, 0.2) is 23.0 Å². The summed E-state index contributed by atoms with van der Waals surface area (Å²) in [5, 5.41) is 20.5. The molecule has 0 radical (unpaired) electrons. The van der Waals surface area contributed by atoms with Crippen LogP contribution >= 0.6 is 11.6 Å². The van der Waals surface area contributed by atoms with Crippen molar-refractivity contribution in [2.45, 2.75) is 57.0 Å². The number of fused-ring (bicyclic) bond motifs is 2. The zero-order valence-corrected chi connectivity index (χ0v) is 35.4. The van der Waals surface area contributed by atoms with Gasteiger partial charge in [0.05, 0.1) is 28.4 Å². The third-order valence-electron chi connectivity index (χ3n) is 12.5. The molecule has 2 fully saturated rings. The molecule has 0 bridgehead atoms. The minimum Gasteiger partial charge on any atom is -0.488 e. The van der Waals surface area contributed by atoms with Gasteiger partial charge in [0.25, 0.3) is 0 Å². The molecule has 2 saturated heterocycles. The Bertz CT molecular complexity index is 2520. The summed E-state index contributed by atoms with van der Waals surface area (Å²) in [6.45, 7) is 4.43. The van der Waals surface area contributed by atoms with E-state index in [2.05, 4.69) is 21.6 Å². The zero-order chi connectivity index (χ0) is 43.7. The maximum Gasteiger partial charge on any atom is 0.329 e. The van der Waals surface area contributed by atoms with Crippen LogP contribution in [0.5, 0.6) is 11.5 Å². The van der Waals surface area contributed by atoms with Crippen molar-refractivity contribution in [3.63, 3.8) is 0 Å². The highest BCUT2D eigenvalue weighted by atomic mass is 35.5. The Morgan fingerprint density at radius 3 is 2.66 bits per heavy atom. The number of anilines is 2. The minimum absolute atomic E-state index is 0.0404. The van der Waals surface area contributed by atoms with Crippen molar-refractivity contribution in [3.8, 4) is 22.6 Å². The van der Waals surface area contributed by atoms with Gasteiger partial charge in [0, 0.05) is 73.7 Å². The van der Waals surface area contributed by atoms with Gasteiger partial charge in [0.2, 0.25) is 11.8 Å². The molecular formula is C46H50ClF2N7O6. The summed E-state index contributed by atoms with van der Waals surface area (Å²) >= 11 is 6.69. The fourth-order valence-electron chi connectivity index (χ4n) is 9.48. The number of unbranched alkanes of at least 4 members (excludes halogenated alkanes) is 1. The number of amides is 4. The first-order chi connectivity index (χ1) is 29.9. The zero-order valence-electron chi connectivity index (χ0n) is 34.7. The molecule has 3 atom stereocenters. The summed E-state index contributed by atoms with van der Waals surface area (Å²) in [5.74, 6) is -2.60. The molecule has 8 rings (SSSR count). The Morgan fingerprint density at radius 2 is 1.90 bits per heavy atom. The highest BCUT2D eigenvalue weighted by molar-refractivity contribution is 6.34. The number of para-hydroxylation sites is 1. The highest BCUT2D eigenvalue weighted by Gasteiger charge is 2.50. The number of nitrogens with two attached hydrogens (primary N) is 1. The van der Waals surface area contributed by atoms with Crippen LogP contribution in [-0.2, 0) is 17.4 Å². The van der Waals surface area contributed by atoms with Crippen molar-refractivity contribution in [2.24, 2.45) is 18.7 Å². The first kappa shape index (κ1) is 42.9. The number of hydrogen-bond donors (Lipinski definition) is 4. The van der Waals surface area contributed by atoms with E-state index in [-0.39, 0.29) is 65.3 Å². The summed E-state index contributed by atoms with van der Waals surface area (Å²) < 4.78 is 46.1. The van der Waals surface area contributed by atoms with Crippen LogP contribution < -0.4 is 35.6 Å². The van der Waals surface area contributed by atoms with Crippen molar-refractivity contribution in [1.29, 1.82) is 0 Å². The smallest absolute Gasteiger partial charge is 0.329 e. The van der Waals surface area contributed by atoms with Gasteiger partial charge in [-0.05, 0) is 68.0 Å². The molecule has 5 aromatic rings. The molecule has 4 amide bonds. The van der Waals surface area contributed by atoms with Crippen LogP contribution in [0.3, 0.4) is 0 Å². The fourth-order valence-corrected chi connectivity index (χ4v) is 9.73. The summed E-state index contributed by atoms with van der Waals surface area (Å²) in [4.78, 5) is 41.2. The number of aromatic nitrogens is 2. The number of hydrogen-bond acceptors (Lipinski definition) is 9. The van der Waals surface area contributed by atoms with E-state index in [9.17, 15) is 19.5 Å². The van der Waals surface area contributed by atoms with E-state index >= 15 is 8.78 Å². The second kappa shape index (κ2) is 17.9. The molecule has 0 aliphatic carbocycles. The Morgan fingerprint density at radius 1 is 1.10 bits per heavy atom. The summed E-state index contributed by atoms with van der Waals surface area (Å²) in [5.41, 5.74) is 7.40. The molecule has 13 nitrogen and oxygen atoms in total. The maximum absolute atomic E-state index is 16.4. The standard InChI is InChI=1S/C46H50ClF2N7O6/c1-27-37-35(24-32(48)40(47)39(37)38-30(43(50)59)16-17-34(41(38)49)61-23-22-57)62-46(27,29-12-4-3-5-13-29)26-51-19-7-6-10-28-11-9-20-55(25-28)33-15-8-14-31-42(33)54(2)53-44(31)56-21-18-36(58)52-45(56)60/h3-5,8,12-17,24,27-28,51,57H,6-7,9-11,18-23,25-26H2,1-2H3,(H2,50,59)(H,52,58,60)/t27-,28+,46-/m0/s1. The van der Waals surface area contributed by atoms with Crippen molar-refractivity contribution >= 4 is 51.9 Å². The summed E-state index contributed by atoms with van der Waals surface area (Å²) in [6, 6.07) is 18.9. The molecule has 326 valence electrons. The lowest BCUT2D eigenvalue weighted by Gasteiger charge is -2.35. The lowest BCUT2D eigenvalue weighted by atomic mass is 9.77. The number of aliphatic hydroxyl groups excluding tert-OH is 1. The minimum atomic E-state index is -1.06. The van der Waals surface area contributed by atoms with E-state index in [1.807, 2.05) is 61.1 Å². The second-order valence-electron chi connectivity index (χ2n) is 16.3. The number of nitrogens with zero attached hydrogens (tertiary/aromatic N) is 4. The number of nitrogens with one attached hydrogen (secondary N) is 2. The predicted octanol–water partition coefficient (Wildman–Crippen LogP) is 7.16. The molecule has 4 heterocycles. The monoisotopic (exact) mass is 869 g/mol.